The molecule has 0 spiro atoms. The second-order valence-corrected chi connectivity index (χ2v) is 4.90. The summed E-state index contributed by atoms with van der Waals surface area (Å²) < 4.78 is 0. The lowest BCUT2D eigenvalue weighted by Crippen LogP contribution is -2.26. The van der Waals surface area contributed by atoms with Gasteiger partial charge in [-0.15, -0.1) is 6.42 Å². The molecule has 1 heterocycles. The van der Waals surface area contributed by atoms with E-state index in [-0.39, 0.29) is 0 Å². The number of rotatable bonds is 1. The van der Waals surface area contributed by atoms with E-state index >= 15 is 0 Å². The van der Waals surface area contributed by atoms with Crippen LogP contribution in [0.4, 0.5) is 0 Å². The summed E-state index contributed by atoms with van der Waals surface area (Å²) in [6.07, 6.45) is 6.51. The third kappa shape index (κ3) is 3.09. The van der Waals surface area contributed by atoms with Crippen molar-refractivity contribution < 1.29 is 0 Å². The Labute approximate surface area is 71.7 Å². The summed E-state index contributed by atoms with van der Waals surface area (Å²) in [5.74, 6) is 9.32. The summed E-state index contributed by atoms with van der Waals surface area (Å²) in [6.45, 7) is 3.14. The highest BCUT2D eigenvalue weighted by atomic mass is 32.2. The molecule has 0 radical (unpaired) electrons. The molecule has 0 aromatic heterocycles. The minimum atomic E-state index is 0.408. The fraction of sp³-hybridized carbons (Fsp3) is 0.667. The zero-order valence-corrected chi connectivity index (χ0v) is 7.70. The third-order valence-electron chi connectivity index (χ3n) is 1.92. The molecule has 1 saturated heterocycles. The monoisotopic (exact) mass is 169 g/mol. The Morgan fingerprint density at radius 2 is 2.27 bits per heavy atom. The molecular formula is C9H15NS. The molecule has 0 saturated carbocycles. The quantitative estimate of drug-likeness (QED) is 0.418. The van der Waals surface area contributed by atoms with Gasteiger partial charge in [0.25, 0.3) is 0 Å². The van der Waals surface area contributed by atoms with Crippen LogP contribution in [0, 0.1) is 12.3 Å². The molecule has 0 bridgehead atoms. The van der Waals surface area contributed by atoms with Crippen molar-refractivity contribution in [3.63, 3.8) is 0 Å². The van der Waals surface area contributed by atoms with Gasteiger partial charge in [-0.3, -0.25) is 4.90 Å². The van der Waals surface area contributed by atoms with Crippen LogP contribution in [-0.2, 0) is 0 Å². The second kappa shape index (κ2) is 4.58. The van der Waals surface area contributed by atoms with Crippen molar-refractivity contribution in [2.24, 2.45) is 0 Å². The zero-order valence-electron chi connectivity index (χ0n) is 6.88. The predicted octanol–water partition coefficient (Wildman–Crippen LogP) is 1.03. The van der Waals surface area contributed by atoms with Gasteiger partial charge in [-0.25, -0.2) is 0 Å². The average molecular weight is 169 g/mol. The predicted molar refractivity (Wildman–Crippen MR) is 54.3 cm³/mol. The van der Waals surface area contributed by atoms with Gasteiger partial charge >= 0.3 is 0 Å². The summed E-state index contributed by atoms with van der Waals surface area (Å²) in [4.78, 5) is 2.35. The molecular weight excluding hydrogens is 154 g/mol. The van der Waals surface area contributed by atoms with E-state index in [2.05, 4.69) is 16.7 Å². The van der Waals surface area contributed by atoms with Gasteiger partial charge in [0.15, 0.2) is 0 Å². The van der Waals surface area contributed by atoms with Crippen LogP contribution in [0.15, 0.2) is 0 Å². The summed E-state index contributed by atoms with van der Waals surface area (Å²) in [7, 11) is 0.408. The van der Waals surface area contributed by atoms with Crippen LogP contribution < -0.4 is 0 Å². The molecule has 0 aromatic carbocycles. The van der Waals surface area contributed by atoms with E-state index in [0.29, 0.717) is 10.5 Å². The molecule has 1 rings (SSSR count). The summed E-state index contributed by atoms with van der Waals surface area (Å²) in [5, 5.41) is 0. The van der Waals surface area contributed by atoms with Crippen molar-refractivity contribution in [1.82, 2.24) is 4.90 Å². The van der Waals surface area contributed by atoms with Gasteiger partial charge in [-0.1, -0.05) is 11.8 Å². The van der Waals surface area contributed by atoms with E-state index in [4.69, 9.17) is 6.42 Å². The molecule has 0 aliphatic carbocycles. The Kier molecular flexibility index (Phi) is 3.68. The van der Waals surface area contributed by atoms with E-state index < -0.39 is 0 Å². The Balaban J connectivity index is 2.35. The van der Waals surface area contributed by atoms with Crippen LogP contribution in [-0.4, -0.2) is 41.9 Å². The molecule has 1 aliphatic rings. The Morgan fingerprint density at radius 3 is 3.00 bits per heavy atom. The first kappa shape index (κ1) is 8.83. The first-order valence-corrected chi connectivity index (χ1v) is 5.69. The Hall–Kier alpha value is -0.260. The van der Waals surface area contributed by atoms with Crippen molar-refractivity contribution >= 4 is 16.4 Å². The second-order valence-electron chi connectivity index (χ2n) is 2.85. The Bertz CT molecular complexity index is 180. The standard InChI is InChI=1S/C9H15NS/c1-3-5-10-6-4-8-11(2)9-7-10/h1H,2,4-9H2. The topological polar surface area (TPSA) is 3.24 Å². The Morgan fingerprint density at radius 1 is 1.45 bits per heavy atom. The van der Waals surface area contributed by atoms with Gasteiger partial charge in [0.05, 0.1) is 6.54 Å². The largest absolute Gasteiger partial charge is 0.292 e. The first-order chi connectivity index (χ1) is 5.33. The van der Waals surface area contributed by atoms with E-state index in [0.717, 1.165) is 13.1 Å². The van der Waals surface area contributed by atoms with Crippen molar-refractivity contribution in [2.75, 3.05) is 31.1 Å². The lowest BCUT2D eigenvalue weighted by molar-refractivity contribution is 0.332. The molecule has 1 atom stereocenters. The van der Waals surface area contributed by atoms with Crippen LogP contribution in [0.25, 0.3) is 0 Å². The van der Waals surface area contributed by atoms with Crippen LogP contribution in [0.2, 0.25) is 0 Å². The van der Waals surface area contributed by atoms with Crippen molar-refractivity contribution in [3.8, 4) is 12.3 Å². The van der Waals surface area contributed by atoms with Gasteiger partial charge in [-0.05, 0) is 18.7 Å². The number of terminal acetylenes is 1. The van der Waals surface area contributed by atoms with Crippen LogP contribution in [0.3, 0.4) is 0 Å². The van der Waals surface area contributed by atoms with Gasteiger partial charge in [-0.2, -0.15) is 10.5 Å². The van der Waals surface area contributed by atoms with Crippen molar-refractivity contribution in [3.05, 3.63) is 0 Å². The smallest absolute Gasteiger partial charge is 0.0599 e. The minimum Gasteiger partial charge on any atom is -0.292 e. The van der Waals surface area contributed by atoms with Gasteiger partial charge < -0.3 is 0 Å². The molecule has 0 N–H and O–H groups in total. The average Bonchev–Trinajstić information content (AvgIpc) is 2.17. The minimum absolute atomic E-state index is 0.408. The molecule has 1 aliphatic heterocycles. The molecule has 1 fully saturated rings. The van der Waals surface area contributed by atoms with Gasteiger partial charge in [0, 0.05) is 12.3 Å². The lowest BCUT2D eigenvalue weighted by atomic mass is 10.4. The van der Waals surface area contributed by atoms with Gasteiger partial charge in [0.1, 0.15) is 0 Å². The fourth-order valence-corrected chi connectivity index (χ4v) is 2.51. The van der Waals surface area contributed by atoms with Crippen LogP contribution in [0.5, 0.6) is 0 Å². The van der Waals surface area contributed by atoms with Crippen molar-refractivity contribution in [1.29, 1.82) is 0 Å². The van der Waals surface area contributed by atoms with E-state index in [1.54, 1.807) is 0 Å². The van der Waals surface area contributed by atoms with E-state index in [1.165, 1.54) is 24.5 Å². The maximum atomic E-state index is 5.24. The fourth-order valence-electron chi connectivity index (χ4n) is 1.25. The maximum Gasteiger partial charge on any atom is 0.0599 e. The van der Waals surface area contributed by atoms with Crippen LogP contribution >= 0.6 is 10.5 Å². The molecule has 62 valence electrons. The van der Waals surface area contributed by atoms with Crippen LogP contribution in [0.1, 0.15) is 6.42 Å². The SMILES string of the molecule is C#CCN1CCCS(=C)CC1. The first-order valence-electron chi connectivity index (χ1n) is 3.96. The molecule has 1 unspecified atom stereocenters. The number of hydrogen-bond donors (Lipinski definition) is 0. The normalized spacial score (nSPS) is 27.4. The molecule has 0 amide bonds. The molecule has 0 aromatic rings. The molecule has 1 nitrogen and oxygen atoms in total. The number of nitrogens with zero attached hydrogens (tertiary/aromatic N) is 1. The van der Waals surface area contributed by atoms with E-state index in [9.17, 15) is 0 Å². The maximum absolute atomic E-state index is 5.24. The van der Waals surface area contributed by atoms with E-state index in [1.807, 2.05) is 0 Å². The molecule has 11 heavy (non-hydrogen) atoms. The van der Waals surface area contributed by atoms with Crippen molar-refractivity contribution in [2.45, 2.75) is 6.42 Å². The highest BCUT2D eigenvalue weighted by molar-refractivity contribution is 8.14. The molecule has 2 heteroatoms. The summed E-state index contributed by atoms with van der Waals surface area (Å²) in [5.41, 5.74) is 0. The summed E-state index contributed by atoms with van der Waals surface area (Å²) in [6, 6.07) is 0. The highest BCUT2D eigenvalue weighted by Crippen LogP contribution is 2.15. The summed E-state index contributed by atoms with van der Waals surface area (Å²) >= 11 is 0. The number of hydrogen-bond acceptors (Lipinski definition) is 1. The lowest BCUT2D eigenvalue weighted by Gasteiger charge is -2.15. The highest BCUT2D eigenvalue weighted by Gasteiger charge is 2.07. The third-order valence-corrected chi connectivity index (χ3v) is 3.54. The van der Waals surface area contributed by atoms with Gasteiger partial charge in [0.2, 0.25) is 0 Å². The zero-order chi connectivity index (χ0) is 8.10.